The summed E-state index contributed by atoms with van der Waals surface area (Å²) in [6.45, 7) is 3.56. The number of para-hydroxylation sites is 1. The number of anilines is 1. The van der Waals surface area contributed by atoms with Crippen LogP contribution in [0.4, 0.5) is 5.69 Å². The van der Waals surface area contributed by atoms with Gasteiger partial charge in [0.25, 0.3) is 5.91 Å². The van der Waals surface area contributed by atoms with Gasteiger partial charge in [-0.05, 0) is 37.0 Å². The van der Waals surface area contributed by atoms with Crippen LogP contribution in [-0.2, 0) is 13.0 Å². The van der Waals surface area contributed by atoms with E-state index in [-0.39, 0.29) is 5.91 Å². The van der Waals surface area contributed by atoms with Gasteiger partial charge < -0.3 is 10.6 Å². The minimum Gasteiger partial charge on any atom is -0.384 e. The molecule has 3 nitrogen and oxygen atoms in total. The summed E-state index contributed by atoms with van der Waals surface area (Å²) < 4.78 is 0. The third-order valence-corrected chi connectivity index (χ3v) is 3.89. The third-order valence-electron chi connectivity index (χ3n) is 3.89. The molecule has 2 N–H and O–H groups in total. The van der Waals surface area contributed by atoms with Crippen molar-refractivity contribution in [3.8, 4) is 0 Å². The lowest BCUT2D eigenvalue weighted by atomic mass is 9.99. The summed E-state index contributed by atoms with van der Waals surface area (Å²) in [6, 6.07) is 14.2. The van der Waals surface area contributed by atoms with Crippen LogP contribution in [0, 0.1) is 6.92 Å². The first-order chi connectivity index (χ1) is 10.2. The molecule has 1 amide bonds. The molecule has 0 atom stereocenters. The number of rotatable bonds is 3. The van der Waals surface area contributed by atoms with E-state index in [2.05, 4.69) is 35.8 Å². The molecule has 1 aliphatic heterocycles. The first kappa shape index (κ1) is 13.7. The normalized spacial score (nSPS) is 13.2. The standard InChI is InChI=1S/C18H20N2O/c1-13-7-9-14(10-8-13)12-20-18(21)16-6-2-4-15-5-3-11-19-17(15)16/h2,4,6-10,19H,3,5,11-12H2,1H3,(H,20,21). The molecule has 108 valence electrons. The Morgan fingerprint density at radius 2 is 2.00 bits per heavy atom. The second-order valence-corrected chi connectivity index (χ2v) is 5.54. The molecule has 0 saturated heterocycles. The zero-order chi connectivity index (χ0) is 14.7. The minimum atomic E-state index is -0.0122. The van der Waals surface area contributed by atoms with E-state index in [0.29, 0.717) is 6.54 Å². The molecular weight excluding hydrogens is 260 g/mol. The number of hydrogen-bond acceptors (Lipinski definition) is 2. The summed E-state index contributed by atoms with van der Waals surface area (Å²) in [5, 5.41) is 6.36. The van der Waals surface area contributed by atoms with Gasteiger partial charge in [0, 0.05) is 13.1 Å². The minimum absolute atomic E-state index is 0.0122. The molecule has 2 aromatic rings. The van der Waals surface area contributed by atoms with Crippen LogP contribution < -0.4 is 10.6 Å². The Morgan fingerprint density at radius 1 is 1.19 bits per heavy atom. The second-order valence-electron chi connectivity index (χ2n) is 5.54. The Labute approximate surface area is 125 Å². The fourth-order valence-electron chi connectivity index (χ4n) is 2.68. The Morgan fingerprint density at radius 3 is 2.81 bits per heavy atom. The van der Waals surface area contributed by atoms with Crippen molar-refractivity contribution < 1.29 is 4.79 Å². The fourth-order valence-corrected chi connectivity index (χ4v) is 2.68. The van der Waals surface area contributed by atoms with Crippen molar-refractivity contribution in [2.24, 2.45) is 0 Å². The molecule has 0 aliphatic carbocycles. The van der Waals surface area contributed by atoms with Crippen LogP contribution in [0.1, 0.15) is 33.5 Å². The van der Waals surface area contributed by atoms with Crippen LogP contribution in [-0.4, -0.2) is 12.5 Å². The SMILES string of the molecule is Cc1ccc(CNC(=O)c2cccc3c2NCCC3)cc1. The van der Waals surface area contributed by atoms with Crippen molar-refractivity contribution >= 4 is 11.6 Å². The number of fused-ring (bicyclic) bond motifs is 1. The molecular formula is C18H20N2O. The van der Waals surface area contributed by atoms with Crippen molar-refractivity contribution in [2.45, 2.75) is 26.3 Å². The van der Waals surface area contributed by atoms with Gasteiger partial charge in [-0.25, -0.2) is 0 Å². The zero-order valence-corrected chi connectivity index (χ0v) is 12.3. The van der Waals surface area contributed by atoms with Crippen molar-refractivity contribution in [2.75, 3.05) is 11.9 Å². The summed E-state index contributed by atoms with van der Waals surface area (Å²) in [5.41, 5.74) is 5.34. The zero-order valence-electron chi connectivity index (χ0n) is 12.3. The van der Waals surface area contributed by atoms with Crippen LogP contribution >= 0.6 is 0 Å². The van der Waals surface area contributed by atoms with Gasteiger partial charge in [-0.2, -0.15) is 0 Å². The highest BCUT2D eigenvalue weighted by Gasteiger charge is 2.16. The van der Waals surface area contributed by atoms with Crippen LogP contribution in [0.2, 0.25) is 0 Å². The third kappa shape index (κ3) is 3.07. The van der Waals surface area contributed by atoms with E-state index in [0.717, 1.165) is 36.2 Å². The van der Waals surface area contributed by atoms with Gasteiger partial charge in [-0.15, -0.1) is 0 Å². The van der Waals surface area contributed by atoms with E-state index in [1.54, 1.807) is 0 Å². The summed E-state index contributed by atoms with van der Waals surface area (Å²) in [7, 11) is 0. The molecule has 2 aromatic carbocycles. The summed E-state index contributed by atoms with van der Waals surface area (Å²) in [4.78, 5) is 12.4. The van der Waals surface area contributed by atoms with Gasteiger partial charge in [0.1, 0.15) is 0 Å². The van der Waals surface area contributed by atoms with Crippen LogP contribution in [0.3, 0.4) is 0 Å². The number of benzene rings is 2. The Kier molecular flexibility index (Phi) is 3.91. The lowest BCUT2D eigenvalue weighted by Crippen LogP contribution is -2.25. The highest BCUT2D eigenvalue weighted by molar-refractivity contribution is 6.00. The van der Waals surface area contributed by atoms with E-state index < -0.39 is 0 Å². The monoisotopic (exact) mass is 280 g/mol. The molecule has 0 bridgehead atoms. The lowest BCUT2D eigenvalue weighted by molar-refractivity contribution is 0.0951. The largest absolute Gasteiger partial charge is 0.384 e. The van der Waals surface area contributed by atoms with Gasteiger partial charge >= 0.3 is 0 Å². The maximum atomic E-state index is 12.4. The number of hydrogen-bond donors (Lipinski definition) is 2. The highest BCUT2D eigenvalue weighted by atomic mass is 16.1. The Bertz CT molecular complexity index is 647. The van der Waals surface area contributed by atoms with E-state index in [9.17, 15) is 4.79 Å². The molecule has 1 aliphatic rings. The lowest BCUT2D eigenvalue weighted by Gasteiger charge is -2.20. The number of aryl methyl sites for hydroxylation is 2. The van der Waals surface area contributed by atoms with Gasteiger partial charge in [0.15, 0.2) is 0 Å². The Balaban J connectivity index is 1.72. The summed E-state index contributed by atoms with van der Waals surface area (Å²) in [6.07, 6.45) is 2.17. The van der Waals surface area contributed by atoms with Crippen LogP contribution in [0.25, 0.3) is 0 Å². The highest BCUT2D eigenvalue weighted by Crippen LogP contribution is 2.25. The van der Waals surface area contributed by atoms with Crippen LogP contribution in [0.15, 0.2) is 42.5 Å². The maximum Gasteiger partial charge on any atom is 0.253 e. The van der Waals surface area contributed by atoms with E-state index >= 15 is 0 Å². The van der Waals surface area contributed by atoms with Crippen LogP contribution in [0.5, 0.6) is 0 Å². The molecule has 0 aromatic heterocycles. The van der Waals surface area contributed by atoms with Crippen molar-refractivity contribution in [1.82, 2.24) is 5.32 Å². The fraction of sp³-hybridized carbons (Fsp3) is 0.278. The molecule has 0 radical (unpaired) electrons. The molecule has 0 saturated carbocycles. The summed E-state index contributed by atoms with van der Waals surface area (Å²) in [5.74, 6) is -0.0122. The number of nitrogens with one attached hydrogen (secondary N) is 2. The van der Waals surface area contributed by atoms with Gasteiger partial charge in [-0.3, -0.25) is 4.79 Å². The summed E-state index contributed by atoms with van der Waals surface area (Å²) >= 11 is 0. The molecule has 0 fully saturated rings. The first-order valence-corrected chi connectivity index (χ1v) is 7.43. The van der Waals surface area contributed by atoms with Crippen molar-refractivity contribution in [3.05, 3.63) is 64.7 Å². The molecule has 0 unspecified atom stereocenters. The quantitative estimate of drug-likeness (QED) is 0.906. The topological polar surface area (TPSA) is 41.1 Å². The predicted octanol–water partition coefficient (Wildman–Crippen LogP) is 3.28. The molecule has 3 rings (SSSR count). The average molecular weight is 280 g/mol. The van der Waals surface area contributed by atoms with E-state index in [1.807, 2.05) is 24.3 Å². The number of amides is 1. The predicted molar refractivity (Wildman–Crippen MR) is 85.6 cm³/mol. The van der Waals surface area contributed by atoms with Gasteiger partial charge in [0.2, 0.25) is 0 Å². The number of carbonyl (C=O) groups is 1. The van der Waals surface area contributed by atoms with Gasteiger partial charge in [0.05, 0.1) is 11.3 Å². The Hall–Kier alpha value is -2.29. The average Bonchev–Trinajstić information content (AvgIpc) is 2.53. The molecule has 3 heteroatoms. The first-order valence-electron chi connectivity index (χ1n) is 7.43. The number of carbonyl (C=O) groups excluding carboxylic acids is 1. The van der Waals surface area contributed by atoms with E-state index in [4.69, 9.17) is 0 Å². The van der Waals surface area contributed by atoms with Crippen molar-refractivity contribution in [3.63, 3.8) is 0 Å². The maximum absolute atomic E-state index is 12.4. The van der Waals surface area contributed by atoms with Crippen molar-refractivity contribution in [1.29, 1.82) is 0 Å². The smallest absolute Gasteiger partial charge is 0.253 e. The molecule has 0 spiro atoms. The molecule has 21 heavy (non-hydrogen) atoms. The molecule has 1 heterocycles. The van der Waals surface area contributed by atoms with E-state index in [1.165, 1.54) is 11.1 Å². The van der Waals surface area contributed by atoms with Gasteiger partial charge in [-0.1, -0.05) is 42.0 Å². The second kappa shape index (κ2) is 6.00.